The summed E-state index contributed by atoms with van der Waals surface area (Å²) in [5, 5.41) is 12.0. The lowest BCUT2D eigenvalue weighted by Gasteiger charge is -2.28. The number of anilines is 1. The van der Waals surface area contributed by atoms with Gasteiger partial charge in [0.25, 0.3) is 5.91 Å². The molecule has 0 heterocycles. The first-order valence-corrected chi connectivity index (χ1v) is 14.0. The molecule has 0 unspecified atom stereocenters. The van der Waals surface area contributed by atoms with Gasteiger partial charge in [-0.2, -0.15) is 0 Å². The van der Waals surface area contributed by atoms with E-state index in [4.69, 9.17) is 4.74 Å². The summed E-state index contributed by atoms with van der Waals surface area (Å²) in [5.41, 5.74) is 2.34. The molecule has 1 aliphatic rings. The van der Waals surface area contributed by atoms with E-state index in [-0.39, 0.29) is 49.9 Å². The van der Waals surface area contributed by atoms with Crippen molar-refractivity contribution in [3.63, 3.8) is 0 Å². The van der Waals surface area contributed by atoms with Gasteiger partial charge in [-0.15, -0.1) is 0 Å². The summed E-state index contributed by atoms with van der Waals surface area (Å²) in [4.78, 5) is 66.2. The zero-order valence-corrected chi connectivity index (χ0v) is 24.0. The highest BCUT2D eigenvalue weighted by atomic mass is 16.5. The molecule has 0 saturated carbocycles. The third kappa shape index (κ3) is 9.44. The van der Waals surface area contributed by atoms with Crippen LogP contribution in [0.4, 0.5) is 5.69 Å². The Morgan fingerprint density at radius 1 is 0.976 bits per heavy atom. The second kappa shape index (κ2) is 15.0. The number of rotatable bonds is 13. The van der Waals surface area contributed by atoms with Gasteiger partial charge >= 0.3 is 5.97 Å². The fourth-order valence-corrected chi connectivity index (χ4v) is 4.63. The molecule has 2 aromatic carbocycles. The minimum absolute atomic E-state index is 0.0597. The number of hydrogen-bond donors (Lipinski definition) is 2. The number of benzene rings is 2. The van der Waals surface area contributed by atoms with Gasteiger partial charge in [-0.25, -0.2) is 0 Å². The third-order valence-corrected chi connectivity index (χ3v) is 6.98. The molecule has 0 saturated heterocycles. The Bertz CT molecular complexity index is 1270. The number of nitrogens with one attached hydrogen (secondary N) is 1. The van der Waals surface area contributed by atoms with E-state index >= 15 is 0 Å². The molecule has 10 heteroatoms. The van der Waals surface area contributed by atoms with E-state index in [9.17, 15) is 29.1 Å². The van der Waals surface area contributed by atoms with Crippen LogP contribution >= 0.6 is 0 Å². The van der Waals surface area contributed by atoms with E-state index < -0.39 is 23.7 Å². The monoisotopic (exact) mass is 565 g/mol. The molecule has 0 atom stereocenters. The number of carbonyl (C=O) groups excluding carboxylic acids is 4. The first-order chi connectivity index (χ1) is 19.6. The van der Waals surface area contributed by atoms with Crippen LogP contribution in [-0.2, 0) is 20.8 Å². The predicted octanol–water partition coefficient (Wildman–Crippen LogP) is 4.03. The molecule has 0 radical (unpaired) electrons. The number of carboxylic acid groups (broad SMARTS) is 1. The Balaban J connectivity index is 1.75. The maximum atomic E-state index is 13.5. The molecule has 10 nitrogen and oxygen atoms in total. The van der Waals surface area contributed by atoms with Crippen LogP contribution in [-0.4, -0.2) is 77.7 Å². The number of hydrogen-bond acceptors (Lipinski definition) is 6. The van der Waals surface area contributed by atoms with Crippen LogP contribution in [0, 0.1) is 5.92 Å². The van der Waals surface area contributed by atoms with Gasteiger partial charge in [0.15, 0.2) is 5.78 Å². The van der Waals surface area contributed by atoms with Gasteiger partial charge in [-0.05, 0) is 67.5 Å². The summed E-state index contributed by atoms with van der Waals surface area (Å²) in [6, 6.07) is 11.7. The SMILES string of the molecule is COc1cccc(C(=O)N(CCC(=O)O)CC(=O)N(CCC(C)C)CC(=O)Nc2ccc3c(c2)C(=O)CCCC3)c1. The number of aryl methyl sites for hydroxylation is 1. The first-order valence-electron chi connectivity index (χ1n) is 14.0. The van der Waals surface area contributed by atoms with Crippen LogP contribution in [0.25, 0.3) is 0 Å². The van der Waals surface area contributed by atoms with Gasteiger partial charge in [0.1, 0.15) is 12.3 Å². The Morgan fingerprint density at radius 2 is 1.73 bits per heavy atom. The van der Waals surface area contributed by atoms with Crippen molar-refractivity contribution in [2.45, 2.75) is 52.4 Å². The molecule has 41 heavy (non-hydrogen) atoms. The summed E-state index contributed by atoms with van der Waals surface area (Å²) in [7, 11) is 1.47. The van der Waals surface area contributed by atoms with Crippen molar-refractivity contribution in [1.82, 2.24) is 9.80 Å². The van der Waals surface area contributed by atoms with Crippen molar-refractivity contribution < 1.29 is 33.8 Å². The molecule has 0 aromatic heterocycles. The number of carbonyl (C=O) groups is 5. The van der Waals surface area contributed by atoms with Gasteiger partial charge in [-0.1, -0.05) is 26.0 Å². The highest BCUT2D eigenvalue weighted by Crippen LogP contribution is 2.24. The highest BCUT2D eigenvalue weighted by Gasteiger charge is 2.25. The van der Waals surface area contributed by atoms with E-state index in [2.05, 4.69) is 5.32 Å². The van der Waals surface area contributed by atoms with E-state index in [1.54, 1.807) is 30.3 Å². The zero-order valence-electron chi connectivity index (χ0n) is 24.0. The summed E-state index contributed by atoms with van der Waals surface area (Å²) in [6.45, 7) is 3.47. The average Bonchev–Trinajstić information content (AvgIpc) is 3.13. The van der Waals surface area contributed by atoms with Gasteiger partial charge < -0.3 is 25.0 Å². The second-order valence-corrected chi connectivity index (χ2v) is 10.7. The summed E-state index contributed by atoms with van der Waals surface area (Å²) in [6.07, 6.45) is 3.37. The summed E-state index contributed by atoms with van der Waals surface area (Å²) < 4.78 is 5.19. The highest BCUT2D eigenvalue weighted by molar-refractivity contribution is 6.01. The normalized spacial score (nSPS) is 12.7. The molecule has 220 valence electrons. The topological polar surface area (TPSA) is 133 Å². The van der Waals surface area contributed by atoms with Gasteiger partial charge in [0.2, 0.25) is 11.8 Å². The fourth-order valence-electron chi connectivity index (χ4n) is 4.63. The largest absolute Gasteiger partial charge is 0.497 e. The second-order valence-electron chi connectivity index (χ2n) is 10.7. The Labute approximate surface area is 240 Å². The number of nitrogens with zero attached hydrogens (tertiary/aromatic N) is 2. The van der Waals surface area contributed by atoms with Crippen LogP contribution in [0.1, 0.15) is 72.2 Å². The van der Waals surface area contributed by atoms with E-state index in [1.165, 1.54) is 23.0 Å². The van der Waals surface area contributed by atoms with Gasteiger partial charge in [-0.3, -0.25) is 24.0 Å². The van der Waals surface area contributed by atoms with Crippen LogP contribution in [0.15, 0.2) is 42.5 Å². The lowest BCUT2D eigenvalue weighted by molar-refractivity contribution is -0.138. The molecule has 0 bridgehead atoms. The van der Waals surface area contributed by atoms with Crippen LogP contribution in [0.2, 0.25) is 0 Å². The summed E-state index contributed by atoms with van der Waals surface area (Å²) >= 11 is 0. The molecule has 2 aromatic rings. The van der Waals surface area contributed by atoms with Crippen molar-refractivity contribution in [2.24, 2.45) is 5.92 Å². The lowest BCUT2D eigenvalue weighted by Crippen LogP contribution is -2.46. The molecule has 0 fully saturated rings. The maximum Gasteiger partial charge on any atom is 0.305 e. The Hall–Kier alpha value is -4.21. The molecular weight excluding hydrogens is 526 g/mol. The molecule has 3 amide bonds. The zero-order chi connectivity index (χ0) is 29.9. The number of Topliss-reactive ketones (excluding diaryl/α,β-unsaturated/α-hetero) is 1. The van der Waals surface area contributed by atoms with Crippen molar-refractivity contribution in [1.29, 1.82) is 0 Å². The molecular formula is C31H39N3O7. The first kappa shape index (κ1) is 31.3. The molecule has 2 N–H and O–H groups in total. The van der Waals surface area contributed by atoms with Crippen molar-refractivity contribution >= 4 is 35.2 Å². The average molecular weight is 566 g/mol. The molecule has 3 rings (SSSR count). The quantitative estimate of drug-likeness (QED) is 0.350. The van der Waals surface area contributed by atoms with Crippen molar-refractivity contribution in [2.75, 3.05) is 38.6 Å². The lowest BCUT2D eigenvalue weighted by atomic mass is 10.0. The number of ether oxygens (including phenoxy) is 1. The molecule has 0 spiro atoms. The Kier molecular flexibility index (Phi) is 11.4. The third-order valence-electron chi connectivity index (χ3n) is 6.98. The van der Waals surface area contributed by atoms with E-state index in [0.29, 0.717) is 29.8 Å². The standard InChI is InChI=1S/C31H39N3O7/c1-21(2)13-15-33(19-28(36)32-24-12-11-22-7-4-5-10-27(35)26(22)18-24)29(37)20-34(16-14-30(38)39)31(40)23-8-6-9-25(17-23)41-3/h6,8-9,11-12,17-18,21H,4-5,7,10,13-16,19-20H2,1-3H3,(H,32,36)(H,38,39). The molecule has 0 aliphatic heterocycles. The van der Waals surface area contributed by atoms with E-state index in [0.717, 1.165) is 24.8 Å². The van der Waals surface area contributed by atoms with Crippen LogP contribution in [0.5, 0.6) is 5.75 Å². The predicted molar refractivity (Wildman–Crippen MR) is 154 cm³/mol. The number of ketones is 1. The van der Waals surface area contributed by atoms with Crippen LogP contribution in [0.3, 0.4) is 0 Å². The smallest absolute Gasteiger partial charge is 0.305 e. The minimum atomic E-state index is -1.10. The van der Waals surface area contributed by atoms with Crippen molar-refractivity contribution in [3.8, 4) is 5.75 Å². The van der Waals surface area contributed by atoms with Crippen LogP contribution < -0.4 is 10.1 Å². The fraction of sp³-hybridized carbons (Fsp3) is 0.452. The number of carboxylic acids is 1. The van der Waals surface area contributed by atoms with Gasteiger partial charge in [0.05, 0.1) is 20.1 Å². The minimum Gasteiger partial charge on any atom is -0.497 e. The Morgan fingerprint density at radius 3 is 2.44 bits per heavy atom. The number of fused-ring (bicyclic) bond motifs is 1. The number of methoxy groups -OCH3 is 1. The molecule has 1 aliphatic carbocycles. The van der Waals surface area contributed by atoms with Crippen molar-refractivity contribution in [3.05, 3.63) is 59.2 Å². The number of aliphatic carboxylic acids is 1. The van der Waals surface area contributed by atoms with Gasteiger partial charge in [0, 0.05) is 36.3 Å². The number of amides is 3. The van der Waals surface area contributed by atoms with E-state index in [1.807, 2.05) is 19.9 Å². The summed E-state index contributed by atoms with van der Waals surface area (Å²) in [5.74, 6) is -1.75. The maximum absolute atomic E-state index is 13.5.